The van der Waals surface area contributed by atoms with Gasteiger partial charge in [-0.3, -0.25) is 9.48 Å². The predicted octanol–water partition coefficient (Wildman–Crippen LogP) is 2.82. The van der Waals surface area contributed by atoms with Crippen LogP contribution >= 0.6 is 0 Å². The van der Waals surface area contributed by atoms with Crippen molar-refractivity contribution in [3.05, 3.63) is 41.9 Å². The monoisotopic (exact) mass is 395 g/mol. The Bertz CT molecular complexity index is 1050. The van der Waals surface area contributed by atoms with Crippen LogP contribution in [0.3, 0.4) is 0 Å². The summed E-state index contributed by atoms with van der Waals surface area (Å²) in [5.41, 5.74) is 1.23. The van der Waals surface area contributed by atoms with E-state index in [0.717, 1.165) is 24.0 Å². The molecule has 3 heterocycles. The largest absolute Gasteiger partial charge is 0.474 e. The number of ether oxygens (including phenoxy) is 1. The van der Waals surface area contributed by atoms with Crippen molar-refractivity contribution in [3.63, 3.8) is 0 Å². The average Bonchev–Trinajstić information content (AvgIpc) is 3.02. The minimum Gasteiger partial charge on any atom is -0.474 e. The number of anilines is 1. The molecule has 1 aliphatic carbocycles. The summed E-state index contributed by atoms with van der Waals surface area (Å²) in [6, 6.07) is 3.84. The Morgan fingerprint density at radius 1 is 1.38 bits per heavy atom. The van der Waals surface area contributed by atoms with Crippen LogP contribution in [0.5, 0.6) is 5.88 Å². The Morgan fingerprint density at radius 2 is 2.17 bits per heavy atom. The first-order chi connectivity index (χ1) is 13.8. The van der Waals surface area contributed by atoms with Crippen LogP contribution in [-0.2, 0) is 11.3 Å². The summed E-state index contributed by atoms with van der Waals surface area (Å²) in [4.78, 5) is 20.8. The number of aryl methyl sites for hydroxylation is 1. The van der Waals surface area contributed by atoms with E-state index in [2.05, 4.69) is 26.4 Å². The molecule has 1 aliphatic rings. The Hall–Kier alpha value is -3.00. The van der Waals surface area contributed by atoms with Crippen LogP contribution in [-0.4, -0.2) is 42.5 Å². The quantitative estimate of drug-likeness (QED) is 0.665. The van der Waals surface area contributed by atoms with Gasteiger partial charge in [-0.2, -0.15) is 5.10 Å². The number of amides is 1. The fourth-order valence-electron chi connectivity index (χ4n) is 3.10. The topological polar surface area (TPSA) is 102 Å². The molecule has 4 rings (SSSR count). The molecule has 8 heteroatoms. The van der Waals surface area contributed by atoms with Gasteiger partial charge in [-0.05, 0) is 57.7 Å². The van der Waals surface area contributed by atoms with E-state index >= 15 is 0 Å². The van der Waals surface area contributed by atoms with E-state index in [9.17, 15) is 9.90 Å². The van der Waals surface area contributed by atoms with Gasteiger partial charge in [-0.15, -0.1) is 0 Å². The van der Waals surface area contributed by atoms with Crippen molar-refractivity contribution < 1.29 is 14.6 Å². The number of nitrogens with one attached hydrogen (secondary N) is 1. The molecule has 0 radical (unpaired) electrons. The van der Waals surface area contributed by atoms with Gasteiger partial charge >= 0.3 is 0 Å². The lowest BCUT2D eigenvalue weighted by molar-refractivity contribution is -0.130. The number of rotatable bonds is 6. The molecule has 1 amide bonds. The summed E-state index contributed by atoms with van der Waals surface area (Å²) in [6.07, 6.45) is 8.94. The van der Waals surface area contributed by atoms with E-state index in [4.69, 9.17) is 4.74 Å². The predicted molar refractivity (Wildman–Crippen MR) is 109 cm³/mol. The van der Waals surface area contributed by atoms with Gasteiger partial charge in [0.05, 0.1) is 17.4 Å². The number of aliphatic hydroxyl groups is 1. The van der Waals surface area contributed by atoms with Gasteiger partial charge in [-0.25, -0.2) is 9.97 Å². The maximum atomic E-state index is 12.1. The normalized spacial score (nSPS) is 14.6. The fourth-order valence-corrected chi connectivity index (χ4v) is 3.10. The van der Waals surface area contributed by atoms with Crippen LogP contribution in [0.4, 0.5) is 5.82 Å². The Labute approximate surface area is 168 Å². The van der Waals surface area contributed by atoms with Gasteiger partial charge in [0.2, 0.25) is 5.88 Å². The highest BCUT2D eigenvalue weighted by atomic mass is 16.5. The number of nitrogens with zero attached hydrogens (tertiary/aromatic N) is 4. The van der Waals surface area contributed by atoms with Crippen LogP contribution in [0.1, 0.15) is 44.2 Å². The SMILES string of the molecule is Cc1cc(Cn2cc3c(NC(=O)C(C)(C)O)nccc3n2)cnc1OC1CCC1. The Balaban J connectivity index is 1.53. The molecule has 2 N–H and O–H groups in total. The van der Waals surface area contributed by atoms with Gasteiger partial charge in [0.1, 0.15) is 17.5 Å². The Morgan fingerprint density at radius 3 is 2.83 bits per heavy atom. The maximum Gasteiger partial charge on any atom is 0.256 e. The van der Waals surface area contributed by atoms with Gasteiger partial charge in [0, 0.05) is 24.2 Å². The zero-order valence-electron chi connectivity index (χ0n) is 16.8. The van der Waals surface area contributed by atoms with Crippen molar-refractivity contribution in [2.24, 2.45) is 0 Å². The average molecular weight is 395 g/mol. The van der Waals surface area contributed by atoms with Crippen LogP contribution < -0.4 is 10.1 Å². The third-order valence-corrected chi connectivity index (χ3v) is 5.03. The second-order valence-electron chi connectivity index (χ2n) is 8.07. The molecule has 1 fully saturated rings. The number of aromatic nitrogens is 4. The van der Waals surface area contributed by atoms with Gasteiger partial charge < -0.3 is 15.2 Å². The summed E-state index contributed by atoms with van der Waals surface area (Å²) in [7, 11) is 0. The van der Waals surface area contributed by atoms with E-state index in [1.165, 1.54) is 20.3 Å². The van der Waals surface area contributed by atoms with Crippen molar-refractivity contribution in [1.29, 1.82) is 0 Å². The third-order valence-electron chi connectivity index (χ3n) is 5.03. The second kappa shape index (κ2) is 7.44. The maximum absolute atomic E-state index is 12.1. The second-order valence-corrected chi connectivity index (χ2v) is 8.07. The molecule has 0 bridgehead atoms. The minimum absolute atomic E-state index is 0.300. The number of fused-ring (bicyclic) bond motifs is 1. The van der Waals surface area contributed by atoms with Crippen molar-refractivity contribution in [2.75, 3.05) is 5.32 Å². The smallest absolute Gasteiger partial charge is 0.256 e. The molecule has 8 nitrogen and oxygen atoms in total. The highest BCUT2D eigenvalue weighted by Gasteiger charge is 2.25. The molecule has 1 saturated carbocycles. The van der Waals surface area contributed by atoms with E-state index in [-0.39, 0.29) is 0 Å². The highest BCUT2D eigenvalue weighted by Crippen LogP contribution is 2.26. The lowest BCUT2D eigenvalue weighted by Crippen LogP contribution is -2.36. The molecule has 3 aromatic rings. The van der Waals surface area contributed by atoms with Crippen molar-refractivity contribution in [1.82, 2.24) is 19.7 Å². The molecule has 0 aliphatic heterocycles. The molecule has 3 aromatic heterocycles. The third kappa shape index (κ3) is 4.22. The summed E-state index contributed by atoms with van der Waals surface area (Å²) in [6.45, 7) is 5.39. The number of carbonyl (C=O) groups is 1. The molecule has 0 saturated heterocycles. The van der Waals surface area contributed by atoms with Crippen LogP contribution in [0.15, 0.2) is 30.7 Å². The van der Waals surface area contributed by atoms with Gasteiger partial charge in [-0.1, -0.05) is 0 Å². The lowest BCUT2D eigenvalue weighted by atomic mass is 9.96. The van der Waals surface area contributed by atoms with Crippen molar-refractivity contribution in [2.45, 2.75) is 58.3 Å². The summed E-state index contributed by atoms with van der Waals surface area (Å²) >= 11 is 0. The zero-order valence-corrected chi connectivity index (χ0v) is 16.8. The molecule has 0 atom stereocenters. The summed E-state index contributed by atoms with van der Waals surface area (Å²) in [5.74, 6) is 0.552. The van der Waals surface area contributed by atoms with Crippen LogP contribution in [0, 0.1) is 6.92 Å². The molecule has 152 valence electrons. The number of pyridine rings is 2. The van der Waals surface area contributed by atoms with E-state index in [0.29, 0.717) is 35.2 Å². The molecular formula is C21H25N5O3. The minimum atomic E-state index is -1.49. The standard InChI is InChI=1S/C21H25N5O3/c1-13-9-14(10-23-19(13)29-15-5-4-6-15)11-26-12-16-17(25-26)7-8-22-18(16)24-20(27)21(2,3)28/h7-10,12,15,28H,4-6,11H2,1-3H3,(H,22,24,27). The number of carbonyl (C=O) groups excluding carboxylic acids is 1. The summed E-state index contributed by atoms with van der Waals surface area (Å²) in [5, 5.41) is 17.8. The molecular weight excluding hydrogens is 370 g/mol. The molecule has 0 aromatic carbocycles. The first-order valence-corrected chi connectivity index (χ1v) is 9.78. The lowest BCUT2D eigenvalue weighted by Gasteiger charge is -2.26. The van der Waals surface area contributed by atoms with Crippen molar-refractivity contribution in [3.8, 4) is 5.88 Å². The molecule has 0 unspecified atom stereocenters. The highest BCUT2D eigenvalue weighted by molar-refractivity contribution is 6.02. The molecule has 29 heavy (non-hydrogen) atoms. The first-order valence-electron chi connectivity index (χ1n) is 9.78. The first kappa shape index (κ1) is 19.3. The summed E-state index contributed by atoms with van der Waals surface area (Å²) < 4.78 is 7.70. The van der Waals surface area contributed by atoms with Crippen LogP contribution in [0.2, 0.25) is 0 Å². The van der Waals surface area contributed by atoms with E-state index in [1.54, 1.807) is 16.9 Å². The molecule has 0 spiro atoms. The van der Waals surface area contributed by atoms with Gasteiger partial charge in [0.25, 0.3) is 5.91 Å². The van der Waals surface area contributed by atoms with Crippen molar-refractivity contribution >= 4 is 22.6 Å². The van der Waals surface area contributed by atoms with Crippen LogP contribution in [0.25, 0.3) is 10.9 Å². The number of hydrogen-bond acceptors (Lipinski definition) is 6. The number of hydrogen-bond donors (Lipinski definition) is 2. The van der Waals surface area contributed by atoms with E-state index < -0.39 is 11.5 Å². The Kier molecular flexibility index (Phi) is 4.96. The van der Waals surface area contributed by atoms with Gasteiger partial charge in [0.15, 0.2) is 0 Å². The fraction of sp³-hybridized carbons (Fsp3) is 0.429. The zero-order chi connectivity index (χ0) is 20.6. The van der Waals surface area contributed by atoms with E-state index in [1.807, 2.05) is 19.3 Å².